The van der Waals surface area contributed by atoms with Gasteiger partial charge in [-0.05, 0) is 44.9 Å². The Balaban J connectivity index is 4.36. The molecule has 0 aliphatic carbocycles. The first-order valence-corrected chi connectivity index (χ1v) is 25.8. The third-order valence-corrected chi connectivity index (χ3v) is 11.1. The van der Waals surface area contributed by atoms with E-state index in [0.29, 0.717) is 13.0 Å². The number of ether oxygens (including phenoxy) is 3. The molecule has 0 saturated heterocycles. The van der Waals surface area contributed by atoms with E-state index in [0.717, 1.165) is 57.8 Å². The van der Waals surface area contributed by atoms with E-state index in [-0.39, 0.29) is 31.6 Å². The zero-order valence-corrected chi connectivity index (χ0v) is 40.0. The average Bonchev–Trinajstić information content (AvgIpc) is 3.25. The van der Waals surface area contributed by atoms with Crippen LogP contribution in [-0.2, 0) is 23.8 Å². The maximum absolute atomic E-state index is 12.8. The second-order valence-electron chi connectivity index (χ2n) is 17.1. The minimum Gasteiger partial charge on any atom is -0.461 e. The van der Waals surface area contributed by atoms with Crippen molar-refractivity contribution in [1.82, 2.24) is 0 Å². The topological polar surface area (TPSA) is 61.8 Å². The normalized spacial score (nSPS) is 12.7. The summed E-state index contributed by atoms with van der Waals surface area (Å²) >= 11 is 0. The van der Waals surface area contributed by atoms with Gasteiger partial charge >= 0.3 is 11.9 Å². The first kappa shape index (κ1) is 57.6. The molecular formula is C55H98O5. The van der Waals surface area contributed by atoms with Gasteiger partial charge in [0.25, 0.3) is 0 Å². The van der Waals surface area contributed by atoms with Crippen LogP contribution in [0.1, 0.15) is 252 Å². The maximum Gasteiger partial charge on any atom is 0.309 e. The number of unbranched alkanes of at least 4 members (excludes halogenated alkanes) is 27. The number of hydrogen-bond donors (Lipinski definition) is 0. The molecule has 0 fully saturated rings. The molecule has 0 aliphatic heterocycles. The molecule has 5 nitrogen and oxygen atoms in total. The minimum atomic E-state index is -0.571. The average molecular weight is 839 g/mol. The smallest absolute Gasteiger partial charge is 0.309 e. The minimum absolute atomic E-state index is 0.0346. The number of carbonyl (C=O) groups excluding carboxylic acids is 2. The molecule has 0 heterocycles. The van der Waals surface area contributed by atoms with Gasteiger partial charge in [0.05, 0.1) is 13.0 Å². The second-order valence-corrected chi connectivity index (χ2v) is 17.1. The largest absolute Gasteiger partial charge is 0.461 e. The van der Waals surface area contributed by atoms with Crippen molar-refractivity contribution in [1.29, 1.82) is 0 Å². The van der Waals surface area contributed by atoms with Crippen molar-refractivity contribution < 1.29 is 23.8 Å². The standard InChI is InChI=1S/C55H98O5/c1-4-7-10-13-16-19-22-25-28-30-33-36-39-42-45-48-54(56)59-52-53(51-58-50-47-44-41-38-35-32-27-24-21-18-15-12-9-6-3)60-55(57)49-46-43-40-37-34-31-29-26-23-20-17-14-11-8-5-2/h7,10,16,19,25,28,33,36,42,45,53H,4-6,8-9,11-15,17-18,20-24,26-27,29-32,34-35,37-41,43-44,46-52H2,1-3H3/b10-7-,19-16-,28-25-,36-33-,45-42-. The van der Waals surface area contributed by atoms with Crippen molar-refractivity contribution in [2.45, 2.75) is 258 Å². The number of esters is 2. The van der Waals surface area contributed by atoms with E-state index in [1.165, 1.54) is 161 Å². The Bertz CT molecular complexity index is 1040. The summed E-state index contributed by atoms with van der Waals surface area (Å²) in [6.07, 6.45) is 63.9. The van der Waals surface area contributed by atoms with Gasteiger partial charge in [-0.1, -0.05) is 255 Å². The first-order chi connectivity index (χ1) is 29.6. The van der Waals surface area contributed by atoms with Crippen LogP contribution < -0.4 is 0 Å². The van der Waals surface area contributed by atoms with Crippen LogP contribution in [0.25, 0.3) is 0 Å². The summed E-state index contributed by atoms with van der Waals surface area (Å²) in [5.74, 6) is -0.532. The lowest BCUT2D eigenvalue weighted by Crippen LogP contribution is -2.30. The van der Waals surface area contributed by atoms with Crippen molar-refractivity contribution in [3.63, 3.8) is 0 Å². The number of rotatable bonds is 47. The van der Waals surface area contributed by atoms with Gasteiger partial charge in [-0.3, -0.25) is 9.59 Å². The molecule has 0 radical (unpaired) electrons. The summed E-state index contributed by atoms with van der Waals surface area (Å²) in [5, 5.41) is 0. The van der Waals surface area contributed by atoms with Crippen LogP contribution in [0.4, 0.5) is 0 Å². The van der Waals surface area contributed by atoms with Crippen LogP contribution in [-0.4, -0.2) is 37.9 Å². The summed E-state index contributed by atoms with van der Waals surface area (Å²) in [6.45, 7) is 7.64. The molecule has 348 valence electrons. The Morgan fingerprint density at radius 1 is 0.383 bits per heavy atom. The highest BCUT2D eigenvalue weighted by atomic mass is 16.6. The fourth-order valence-electron chi connectivity index (χ4n) is 7.29. The molecule has 0 amide bonds. The van der Waals surface area contributed by atoms with E-state index in [1.54, 1.807) is 0 Å². The Hall–Kier alpha value is -2.40. The summed E-state index contributed by atoms with van der Waals surface area (Å²) < 4.78 is 17.3. The Kier molecular flexibility index (Phi) is 48.9. The van der Waals surface area contributed by atoms with E-state index in [1.807, 2.05) is 12.2 Å². The van der Waals surface area contributed by atoms with Gasteiger partial charge in [0.15, 0.2) is 6.10 Å². The molecule has 0 spiro atoms. The van der Waals surface area contributed by atoms with Crippen molar-refractivity contribution >= 4 is 11.9 Å². The van der Waals surface area contributed by atoms with E-state index in [9.17, 15) is 9.59 Å². The Morgan fingerprint density at radius 3 is 1.13 bits per heavy atom. The van der Waals surface area contributed by atoms with Crippen LogP contribution >= 0.6 is 0 Å². The quantitative estimate of drug-likeness (QED) is 0.0347. The van der Waals surface area contributed by atoms with Gasteiger partial charge in [-0.15, -0.1) is 0 Å². The number of allylic oxidation sites excluding steroid dienone is 9. The highest BCUT2D eigenvalue weighted by Gasteiger charge is 2.17. The third kappa shape index (κ3) is 48.3. The summed E-state index contributed by atoms with van der Waals surface area (Å²) in [7, 11) is 0. The molecule has 0 rings (SSSR count). The third-order valence-electron chi connectivity index (χ3n) is 11.1. The summed E-state index contributed by atoms with van der Waals surface area (Å²) in [4.78, 5) is 25.3. The fourth-order valence-corrected chi connectivity index (χ4v) is 7.29. The van der Waals surface area contributed by atoms with Crippen molar-refractivity contribution in [3.05, 3.63) is 60.8 Å². The highest BCUT2D eigenvalue weighted by Crippen LogP contribution is 2.15. The molecule has 0 aromatic heterocycles. The van der Waals surface area contributed by atoms with Gasteiger partial charge in [-0.25, -0.2) is 0 Å². The van der Waals surface area contributed by atoms with Crippen LogP contribution in [0.2, 0.25) is 0 Å². The molecule has 0 N–H and O–H groups in total. The van der Waals surface area contributed by atoms with Crippen molar-refractivity contribution in [2.75, 3.05) is 19.8 Å². The van der Waals surface area contributed by atoms with Crippen LogP contribution in [0, 0.1) is 0 Å². The molecule has 1 atom stereocenters. The SMILES string of the molecule is CC/C=C\C/C=C\C/C=C\C/C=C\C/C=C\CC(=O)OCC(COCCCCCCCCCCCCCCCC)OC(=O)CCCCCCCCCCCCCCCCC. The van der Waals surface area contributed by atoms with Gasteiger partial charge in [0.2, 0.25) is 0 Å². The van der Waals surface area contributed by atoms with Crippen LogP contribution in [0.15, 0.2) is 60.8 Å². The first-order valence-electron chi connectivity index (χ1n) is 25.8. The van der Waals surface area contributed by atoms with Gasteiger partial charge in [0.1, 0.15) is 6.61 Å². The number of carbonyl (C=O) groups is 2. The lowest BCUT2D eigenvalue weighted by molar-refractivity contribution is -0.162. The molecule has 0 aromatic rings. The summed E-state index contributed by atoms with van der Waals surface area (Å²) in [6, 6.07) is 0. The molecule has 0 bridgehead atoms. The molecular weight excluding hydrogens is 741 g/mol. The van der Waals surface area contributed by atoms with Crippen molar-refractivity contribution in [3.8, 4) is 0 Å². The zero-order valence-electron chi connectivity index (χ0n) is 40.0. The predicted molar refractivity (Wildman–Crippen MR) is 261 cm³/mol. The van der Waals surface area contributed by atoms with E-state index >= 15 is 0 Å². The molecule has 0 saturated carbocycles. The predicted octanol–water partition coefficient (Wildman–Crippen LogP) is 17.3. The molecule has 60 heavy (non-hydrogen) atoms. The van der Waals surface area contributed by atoms with E-state index in [4.69, 9.17) is 14.2 Å². The lowest BCUT2D eigenvalue weighted by Gasteiger charge is -2.18. The van der Waals surface area contributed by atoms with Gasteiger partial charge in [-0.2, -0.15) is 0 Å². The van der Waals surface area contributed by atoms with Gasteiger partial charge in [0, 0.05) is 13.0 Å². The number of hydrogen-bond acceptors (Lipinski definition) is 5. The highest BCUT2D eigenvalue weighted by molar-refractivity contribution is 5.71. The lowest BCUT2D eigenvalue weighted by atomic mass is 10.0. The van der Waals surface area contributed by atoms with Crippen LogP contribution in [0.3, 0.4) is 0 Å². The zero-order chi connectivity index (χ0) is 43.5. The Labute approximate surface area is 373 Å². The van der Waals surface area contributed by atoms with Crippen LogP contribution in [0.5, 0.6) is 0 Å². The Morgan fingerprint density at radius 2 is 0.733 bits per heavy atom. The molecule has 0 aliphatic rings. The molecule has 5 heteroatoms. The fraction of sp³-hybridized carbons (Fsp3) is 0.782. The monoisotopic (exact) mass is 839 g/mol. The van der Waals surface area contributed by atoms with E-state index in [2.05, 4.69) is 69.4 Å². The molecule has 0 aromatic carbocycles. The van der Waals surface area contributed by atoms with Crippen molar-refractivity contribution in [2.24, 2.45) is 0 Å². The van der Waals surface area contributed by atoms with E-state index < -0.39 is 6.10 Å². The summed E-state index contributed by atoms with van der Waals surface area (Å²) in [5.41, 5.74) is 0. The second kappa shape index (κ2) is 51.0. The maximum atomic E-state index is 12.8. The molecule has 1 unspecified atom stereocenters. The van der Waals surface area contributed by atoms with Gasteiger partial charge < -0.3 is 14.2 Å².